The van der Waals surface area contributed by atoms with Gasteiger partial charge >= 0.3 is 0 Å². The van der Waals surface area contributed by atoms with E-state index in [0.717, 1.165) is 17.0 Å². The van der Waals surface area contributed by atoms with Crippen LogP contribution in [-0.4, -0.2) is 21.9 Å². The summed E-state index contributed by atoms with van der Waals surface area (Å²) < 4.78 is 12.5. The van der Waals surface area contributed by atoms with Crippen molar-refractivity contribution >= 4 is 0 Å². The second-order valence-corrected chi connectivity index (χ2v) is 6.41. The minimum atomic E-state index is -0.282. The SMILES string of the molecule is COc1ccc(-c2ccn(-c3oc(C(C)(C)C)nc3C#N)n2)cc1. The van der Waals surface area contributed by atoms with Crippen LogP contribution in [0.25, 0.3) is 17.1 Å². The molecule has 0 atom stereocenters. The van der Waals surface area contributed by atoms with Gasteiger partial charge in [-0.05, 0) is 30.3 Å². The van der Waals surface area contributed by atoms with Crippen LogP contribution in [0.5, 0.6) is 5.75 Å². The van der Waals surface area contributed by atoms with Gasteiger partial charge in [0, 0.05) is 17.2 Å². The number of nitriles is 1. The molecule has 0 saturated heterocycles. The standard InChI is InChI=1S/C18H18N4O2/c1-18(2,3)17-20-15(11-19)16(24-17)22-10-9-14(21-22)12-5-7-13(23-4)8-6-12/h5-10H,1-4H3. The molecule has 0 bridgehead atoms. The second-order valence-electron chi connectivity index (χ2n) is 6.41. The van der Waals surface area contributed by atoms with Crippen molar-refractivity contribution in [2.45, 2.75) is 26.2 Å². The number of benzene rings is 1. The molecule has 0 unspecified atom stereocenters. The number of rotatable bonds is 3. The van der Waals surface area contributed by atoms with Crippen LogP contribution in [0.3, 0.4) is 0 Å². The lowest BCUT2D eigenvalue weighted by Crippen LogP contribution is -2.11. The molecule has 0 N–H and O–H groups in total. The van der Waals surface area contributed by atoms with Gasteiger partial charge in [0.2, 0.25) is 11.6 Å². The number of nitrogens with zero attached hydrogens (tertiary/aromatic N) is 4. The summed E-state index contributed by atoms with van der Waals surface area (Å²) in [4.78, 5) is 4.28. The van der Waals surface area contributed by atoms with E-state index in [1.807, 2.05) is 51.1 Å². The fraction of sp³-hybridized carbons (Fsp3) is 0.278. The number of hydrogen-bond donors (Lipinski definition) is 0. The topological polar surface area (TPSA) is 76.9 Å². The molecule has 0 radical (unpaired) electrons. The molecular weight excluding hydrogens is 304 g/mol. The van der Waals surface area contributed by atoms with E-state index >= 15 is 0 Å². The van der Waals surface area contributed by atoms with Crippen LogP contribution in [0, 0.1) is 11.3 Å². The maximum atomic E-state index is 9.31. The van der Waals surface area contributed by atoms with Crippen molar-refractivity contribution in [3.05, 3.63) is 48.1 Å². The van der Waals surface area contributed by atoms with Gasteiger partial charge < -0.3 is 9.15 Å². The highest BCUT2D eigenvalue weighted by atomic mass is 16.5. The summed E-state index contributed by atoms with van der Waals surface area (Å²) in [5, 5.41) is 13.8. The molecule has 6 heteroatoms. The molecule has 0 aliphatic heterocycles. The average molecular weight is 322 g/mol. The lowest BCUT2D eigenvalue weighted by atomic mass is 9.97. The van der Waals surface area contributed by atoms with E-state index in [9.17, 15) is 5.26 Å². The summed E-state index contributed by atoms with van der Waals surface area (Å²) in [6, 6.07) is 11.5. The van der Waals surface area contributed by atoms with Gasteiger partial charge in [0.25, 0.3) is 5.88 Å². The van der Waals surface area contributed by atoms with E-state index in [0.29, 0.717) is 11.8 Å². The third kappa shape index (κ3) is 2.88. The molecule has 2 heterocycles. The first-order chi connectivity index (χ1) is 11.4. The Morgan fingerprint density at radius 3 is 2.46 bits per heavy atom. The summed E-state index contributed by atoms with van der Waals surface area (Å²) in [5.74, 6) is 1.63. The lowest BCUT2D eigenvalue weighted by molar-refractivity contribution is 0.381. The Kier molecular flexibility index (Phi) is 3.86. The highest BCUT2D eigenvalue weighted by Crippen LogP contribution is 2.27. The zero-order valence-electron chi connectivity index (χ0n) is 14.1. The average Bonchev–Trinajstić information content (AvgIpc) is 3.21. The molecule has 3 rings (SSSR count). The van der Waals surface area contributed by atoms with Gasteiger partial charge in [0.05, 0.1) is 12.8 Å². The van der Waals surface area contributed by atoms with Crippen LogP contribution in [0.2, 0.25) is 0 Å². The Balaban J connectivity index is 1.98. The molecule has 0 spiro atoms. The number of hydrogen-bond acceptors (Lipinski definition) is 5. The van der Waals surface area contributed by atoms with Crippen LogP contribution in [0.1, 0.15) is 32.4 Å². The fourth-order valence-electron chi connectivity index (χ4n) is 2.21. The van der Waals surface area contributed by atoms with Crippen molar-refractivity contribution < 1.29 is 9.15 Å². The summed E-state index contributed by atoms with van der Waals surface area (Å²) in [5.41, 5.74) is 1.67. The number of ether oxygens (including phenoxy) is 1. The molecule has 0 aliphatic rings. The van der Waals surface area contributed by atoms with Crippen LogP contribution < -0.4 is 4.74 Å². The van der Waals surface area contributed by atoms with Gasteiger partial charge in [-0.25, -0.2) is 4.68 Å². The smallest absolute Gasteiger partial charge is 0.259 e. The van der Waals surface area contributed by atoms with Crippen molar-refractivity contribution in [1.82, 2.24) is 14.8 Å². The first-order valence-corrected chi connectivity index (χ1v) is 7.54. The Hall–Kier alpha value is -3.07. The molecule has 0 amide bonds. The monoisotopic (exact) mass is 322 g/mol. The minimum Gasteiger partial charge on any atom is -0.497 e. The quantitative estimate of drug-likeness (QED) is 0.734. The maximum absolute atomic E-state index is 9.31. The van der Waals surface area contributed by atoms with Crippen LogP contribution in [-0.2, 0) is 5.41 Å². The number of oxazole rings is 1. The highest BCUT2D eigenvalue weighted by molar-refractivity contribution is 5.60. The first-order valence-electron chi connectivity index (χ1n) is 7.54. The molecule has 0 fully saturated rings. The predicted octanol–water partition coefficient (Wildman–Crippen LogP) is 3.71. The van der Waals surface area contributed by atoms with Crippen molar-refractivity contribution in [3.63, 3.8) is 0 Å². The third-order valence-corrected chi connectivity index (χ3v) is 3.54. The van der Waals surface area contributed by atoms with E-state index < -0.39 is 0 Å². The van der Waals surface area contributed by atoms with Gasteiger partial charge in [0.15, 0.2) is 0 Å². The van der Waals surface area contributed by atoms with Gasteiger partial charge in [-0.3, -0.25) is 0 Å². The molecular formula is C18H18N4O2. The summed E-state index contributed by atoms with van der Waals surface area (Å²) >= 11 is 0. The largest absolute Gasteiger partial charge is 0.497 e. The van der Waals surface area contributed by atoms with E-state index in [1.54, 1.807) is 18.0 Å². The first kappa shape index (κ1) is 15.8. The summed E-state index contributed by atoms with van der Waals surface area (Å²) in [6.07, 6.45) is 1.76. The molecule has 1 aromatic carbocycles. The molecule has 24 heavy (non-hydrogen) atoms. The Bertz CT molecular complexity index is 892. The van der Waals surface area contributed by atoms with E-state index in [2.05, 4.69) is 16.2 Å². The van der Waals surface area contributed by atoms with Crippen molar-refractivity contribution in [2.75, 3.05) is 7.11 Å². The maximum Gasteiger partial charge on any atom is 0.259 e. The van der Waals surface area contributed by atoms with Gasteiger partial charge in [-0.1, -0.05) is 20.8 Å². The van der Waals surface area contributed by atoms with E-state index in [-0.39, 0.29) is 11.1 Å². The third-order valence-electron chi connectivity index (χ3n) is 3.54. The molecule has 3 aromatic rings. The summed E-state index contributed by atoms with van der Waals surface area (Å²) in [6.45, 7) is 5.95. The second kappa shape index (κ2) is 5.85. The number of aromatic nitrogens is 3. The zero-order valence-corrected chi connectivity index (χ0v) is 14.1. The number of methoxy groups -OCH3 is 1. The molecule has 0 saturated carbocycles. The minimum absolute atomic E-state index is 0.226. The van der Waals surface area contributed by atoms with Crippen LogP contribution in [0.15, 0.2) is 40.9 Å². The normalized spacial score (nSPS) is 11.3. The molecule has 2 aromatic heterocycles. The summed E-state index contributed by atoms with van der Waals surface area (Å²) in [7, 11) is 1.63. The van der Waals surface area contributed by atoms with Gasteiger partial charge in [-0.2, -0.15) is 15.3 Å². The Morgan fingerprint density at radius 1 is 1.17 bits per heavy atom. The van der Waals surface area contributed by atoms with Crippen molar-refractivity contribution in [1.29, 1.82) is 5.26 Å². The van der Waals surface area contributed by atoms with E-state index in [4.69, 9.17) is 9.15 Å². The van der Waals surface area contributed by atoms with Gasteiger partial charge in [-0.15, -0.1) is 0 Å². The highest BCUT2D eigenvalue weighted by Gasteiger charge is 2.25. The van der Waals surface area contributed by atoms with Crippen molar-refractivity contribution in [2.24, 2.45) is 0 Å². The predicted molar refractivity (Wildman–Crippen MR) is 89.0 cm³/mol. The lowest BCUT2D eigenvalue weighted by Gasteiger charge is -2.11. The van der Waals surface area contributed by atoms with Crippen LogP contribution >= 0.6 is 0 Å². The Labute approximate surface area is 140 Å². The molecule has 0 aliphatic carbocycles. The fourth-order valence-corrected chi connectivity index (χ4v) is 2.21. The molecule has 6 nitrogen and oxygen atoms in total. The van der Waals surface area contributed by atoms with E-state index in [1.165, 1.54) is 0 Å². The zero-order chi connectivity index (χ0) is 17.3. The van der Waals surface area contributed by atoms with Crippen molar-refractivity contribution in [3.8, 4) is 29.0 Å². The Morgan fingerprint density at radius 2 is 1.88 bits per heavy atom. The van der Waals surface area contributed by atoms with Gasteiger partial charge in [0.1, 0.15) is 11.8 Å². The molecule has 122 valence electrons. The van der Waals surface area contributed by atoms with Crippen LogP contribution in [0.4, 0.5) is 0 Å².